The molecule has 1 heterocycles. The van der Waals surface area contributed by atoms with Crippen LogP contribution >= 0.6 is 15.9 Å². The molecule has 3 aromatic rings. The van der Waals surface area contributed by atoms with Gasteiger partial charge in [-0.25, -0.2) is 0 Å². The molecule has 0 spiro atoms. The summed E-state index contributed by atoms with van der Waals surface area (Å²) in [6.45, 7) is 0. The van der Waals surface area contributed by atoms with Crippen molar-refractivity contribution in [1.29, 1.82) is 5.26 Å². The molecular formula is C24H20BrN3O. The van der Waals surface area contributed by atoms with Crippen LogP contribution in [0.3, 0.4) is 0 Å². The van der Waals surface area contributed by atoms with E-state index in [-0.39, 0.29) is 12.2 Å². The summed E-state index contributed by atoms with van der Waals surface area (Å²) in [6.07, 6.45) is 0.604. The summed E-state index contributed by atoms with van der Waals surface area (Å²) in [5.41, 5.74) is 5.03. The first-order valence-electron chi connectivity index (χ1n) is 9.39. The van der Waals surface area contributed by atoms with Crippen LogP contribution in [0.15, 0.2) is 82.3 Å². The summed E-state index contributed by atoms with van der Waals surface area (Å²) < 4.78 is 6.33. The minimum atomic E-state index is -0.183. The number of halogens is 1. The SMILES string of the molecule is COc1ccc([C@H]2CC(c3cccc(Br)c3)=N[C@@H](c3ccc(C#N)cc3)N2)cc1. The fourth-order valence-corrected chi connectivity index (χ4v) is 3.91. The van der Waals surface area contributed by atoms with E-state index in [1.165, 1.54) is 5.56 Å². The third-order valence-corrected chi connectivity index (χ3v) is 5.57. The van der Waals surface area contributed by atoms with Gasteiger partial charge in [-0.15, -0.1) is 0 Å². The number of hydrogen-bond donors (Lipinski definition) is 1. The lowest BCUT2D eigenvalue weighted by molar-refractivity contribution is 0.413. The highest BCUT2D eigenvalue weighted by atomic mass is 79.9. The third-order valence-electron chi connectivity index (χ3n) is 5.07. The fourth-order valence-electron chi connectivity index (χ4n) is 3.51. The number of rotatable bonds is 4. The van der Waals surface area contributed by atoms with Gasteiger partial charge >= 0.3 is 0 Å². The first kappa shape index (κ1) is 19.4. The molecule has 0 saturated heterocycles. The largest absolute Gasteiger partial charge is 0.497 e. The maximum atomic E-state index is 9.08. The summed E-state index contributed by atoms with van der Waals surface area (Å²) >= 11 is 3.57. The van der Waals surface area contributed by atoms with Crippen molar-refractivity contribution in [2.45, 2.75) is 18.6 Å². The van der Waals surface area contributed by atoms with Gasteiger partial charge in [-0.05, 0) is 53.1 Å². The number of nitrogens with one attached hydrogen (secondary N) is 1. The third kappa shape index (κ3) is 4.40. The first-order valence-corrected chi connectivity index (χ1v) is 10.2. The van der Waals surface area contributed by atoms with E-state index in [1.807, 2.05) is 48.5 Å². The van der Waals surface area contributed by atoms with Crippen molar-refractivity contribution in [3.63, 3.8) is 0 Å². The van der Waals surface area contributed by atoms with Crippen LogP contribution in [0.4, 0.5) is 0 Å². The van der Waals surface area contributed by atoms with Crippen LogP contribution in [-0.4, -0.2) is 12.8 Å². The van der Waals surface area contributed by atoms with Crippen LogP contribution in [-0.2, 0) is 0 Å². The molecule has 0 fully saturated rings. The number of hydrogen-bond acceptors (Lipinski definition) is 4. The molecule has 4 nitrogen and oxygen atoms in total. The summed E-state index contributed by atoms with van der Waals surface area (Å²) in [6, 6.07) is 26.3. The Bertz CT molecular complexity index is 1070. The van der Waals surface area contributed by atoms with Crippen molar-refractivity contribution >= 4 is 21.6 Å². The monoisotopic (exact) mass is 445 g/mol. The molecule has 0 saturated carbocycles. The molecule has 0 bridgehead atoms. The van der Waals surface area contributed by atoms with Gasteiger partial charge in [0.1, 0.15) is 11.9 Å². The summed E-state index contributed by atoms with van der Waals surface area (Å²) in [4.78, 5) is 5.01. The molecule has 0 aromatic heterocycles. The van der Waals surface area contributed by atoms with Gasteiger partial charge in [0, 0.05) is 22.6 Å². The van der Waals surface area contributed by atoms with E-state index >= 15 is 0 Å². The molecule has 0 aliphatic carbocycles. The zero-order valence-electron chi connectivity index (χ0n) is 16.0. The molecule has 1 N–H and O–H groups in total. The maximum Gasteiger partial charge on any atom is 0.126 e. The zero-order valence-corrected chi connectivity index (χ0v) is 17.6. The number of ether oxygens (including phenoxy) is 1. The topological polar surface area (TPSA) is 57.4 Å². The molecule has 2 atom stereocenters. The number of nitriles is 1. The van der Waals surface area contributed by atoms with Gasteiger partial charge in [0.25, 0.3) is 0 Å². The predicted molar refractivity (Wildman–Crippen MR) is 118 cm³/mol. The fraction of sp³-hybridized carbons (Fsp3) is 0.167. The molecule has 29 heavy (non-hydrogen) atoms. The molecule has 3 aromatic carbocycles. The van der Waals surface area contributed by atoms with E-state index < -0.39 is 0 Å². The van der Waals surface area contributed by atoms with E-state index in [1.54, 1.807) is 7.11 Å². The van der Waals surface area contributed by atoms with Crippen molar-refractivity contribution in [3.8, 4) is 11.8 Å². The molecule has 5 heteroatoms. The van der Waals surface area contributed by atoms with Crippen LogP contribution in [0.5, 0.6) is 5.75 Å². The summed E-state index contributed by atoms with van der Waals surface area (Å²) in [5, 5.41) is 12.7. The van der Waals surface area contributed by atoms with Crippen LogP contribution in [0.2, 0.25) is 0 Å². The Morgan fingerprint density at radius 2 is 1.76 bits per heavy atom. The maximum absolute atomic E-state index is 9.08. The standard InChI is InChI=1S/C24H20BrN3O/c1-29-21-11-9-17(10-12-21)22-14-23(19-3-2-4-20(25)13-19)28-24(27-22)18-7-5-16(15-26)6-8-18/h2-13,22,24,27H,14H2,1H3/t22-,24+/m1/s1. The van der Waals surface area contributed by atoms with Crippen LogP contribution in [0.1, 0.15) is 40.9 Å². The number of nitrogens with zero attached hydrogens (tertiary/aromatic N) is 2. The Balaban J connectivity index is 1.71. The van der Waals surface area contributed by atoms with Crippen molar-refractivity contribution < 1.29 is 4.74 Å². The van der Waals surface area contributed by atoms with E-state index in [9.17, 15) is 0 Å². The van der Waals surface area contributed by atoms with Crippen LogP contribution < -0.4 is 10.1 Å². The van der Waals surface area contributed by atoms with Gasteiger partial charge in [-0.3, -0.25) is 10.3 Å². The van der Waals surface area contributed by atoms with E-state index in [4.69, 9.17) is 15.0 Å². The van der Waals surface area contributed by atoms with Crippen molar-refractivity contribution in [2.75, 3.05) is 7.11 Å². The second-order valence-electron chi connectivity index (χ2n) is 6.92. The smallest absolute Gasteiger partial charge is 0.126 e. The molecule has 0 unspecified atom stereocenters. The lowest BCUT2D eigenvalue weighted by atomic mass is 9.94. The Morgan fingerprint density at radius 3 is 2.41 bits per heavy atom. The number of benzene rings is 3. The lowest BCUT2D eigenvalue weighted by Gasteiger charge is -2.30. The molecular weight excluding hydrogens is 426 g/mol. The van der Waals surface area contributed by atoms with Gasteiger partial charge in [-0.1, -0.05) is 52.3 Å². The van der Waals surface area contributed by atoms with Crippen molar-refractivity contribution in [3.05, 3.63) is 99.5 Å². The second kappa shape index (κ2) is 8.60. The zero-order chi connectivity index (χ0) is 20.2. The minimum absolute atomic E-state index is 0.119. The van der Waals surface area contributed by atoms with Crippen LogP contribution in [0.25, 0.3) is 0 Å². The van der Waals surface area contributed by atoms with Gasteiger partial charge in [0.05, 0.1) is 18.7 Å². The molecule has 1 aliphatic heterocycles. The Hall–Kier alpha value is -2.94. The van der Waals surface area contributed by atoms with E-state index in [2.05, 4.69) is 51.6 Å². The average Bonchev–Trinajstić information content (AvgIpc) is 2.79. The second-order valence-corrected chi connectivity index (χ2v) is 7.83. The Morgan fingerprint density at radius 1 is 1.03 bits per heavy atom. The van der Waals surface area contributed by atoms with Gasteiger partial charge in [-0.2, -0.15) is 5.26 Å². The highest BCUT2D eigenvalue weighted by Crippen LogP contribution is 2.32. The average molecular weight is 446 g/mol. The Labute approximate surface area is 179 Å². The highest BCUT2D eigenvalue weighted by Gasteiger charge is 2.26. The number of aliphatic imine (C=N–C) groups is 1. The minimum Gasteiger partial charge on any atom is -0.497 e. The lowest BCUT2D eigenvalue weighted by Crippen LogP contribution is -2.33. The van der Waals surface area contributed by atoms with Crippen molar-refractivity contribution in [1.82, 2.24) is 5.32 Å². The first-order chi connectivity index (χ1) is 14.2. The Kier molecular flexibility index (Phi) is 5.75. The predicted octanol–water partition coefficient (Wildman–Crippen LogP) is 5.55. The molecule has 1 aliphatic rings. The summed E-state index contributed by atoms with van der Waals surface area (Å²) in [7, 11) is 1.67. The molecule has 0 radical (unpaired) electrons. The quantitative estimate of drug-likeness (QED) is 0.572. The van der Waals surface area contributed by atoms with Gasteiger partial charge in [0.15, 0.2) is 0 Å². The molecule has 144 valence electrons. The molecule has 4 rings (SSSR count). The van der Waals surface area contributed by atoms with Crippen LogP contribution in [0, 0.1) is 11.3 Å². The normalized spacial score (nSPS) is 18.6. The number of methoxy groups -OCH3 is 1. The highest BCUT2D eigenvalue weighted by molar-refractivity contribution is 9.10. The van der Waals surface area contributed by atoms with E-state index in [0.29, 0.717) is 5.56 Å². The summed E-state index contributed by atoms with van der Waals surface area (Å²) in [5.74, 6) is 0.842. The van der Waals surface area contributed by atoms with Crippen molar-refractivity contribution in [2.24, 2.45) is 4.99 Å². The van der Waals surface area contributed by atoms with Gasteiger partial charge in [0.2, 0.25) is 0 Å². The van der Waals surface area contributed by atoms with E-state index in [0.717, 1.165) is 33.5 Å². The van der Waals surface area contributed by atoms with Gasteiger partial charge < -0.3 is 4.74 Å². The molecule has 0 amide bonds.